The quantitative estimate of drug-likeness (QED) is 0.217. The minimum absolute atomic E-state index is 0.126. The summed E-state index contributed by atoms with van der Waals surface area (Å²) >= 11 is 0. The molecule has 2 fully saturated rings. The average molecular weight is 493 g/mol. The molecule has 2 aliphatic heterocycles. The van der Waals surface area contributed by atoms with Crippen LogP contribution in [0.2, 0.25) is 0 Å². The molecule has 2 aromatic rings. The van der Waals surface area contributed by atoms with Crippen molar-refractivity contribution in [3.63, 3.8) is 0 Å². The van der Waals surface area contributed by atoms with Crippen LogP contribution in [0.5, 0.6) is 5.75 Å². The summed E-state index contributed by atoms with van der Waals surface area (Å²) in [7, 11) is 0. The summed E-state index contributed by atoms with van der Waals surface area (Å²) in [6.07, 6.45) is 3.90. The van der Waals surface area contributed by atoms with Crippen molar-refractivity contribution in [3.05, 3.63) is 71.3 Å². The van der Waals surface area contributed by atoms with E-state index >= 15 is 0 Å². The number of carbonyl (C=O) groups excluding carboxylic acids is 2. The van der Waals surface area contributed by atoms with Crippen molar-refractivity contribution in [2.75, 3.05) is 46.0 Å². The predicted molar refractivity (Wildman–Crippen MR) is 139 cm³/mol. The number of ketones is 1. The molecule has 4 rings (SSSR count). The van der Waals surface area contributed by atoms with Crippen LogP contribution in [0.15, 0.2) is 60.2 Å². The van der Waals surface area contributed by atoms with E-state index in [4.69, 9.17) is 9.47 Å². The van der Waals surface area contributed by atoms with E-state index in [9.17, 15) is 14.7 Å². The van der Waals surface area contributed by atoms with Crippen LogP contribution < -0.4 is 4.74 Å². The minimum atomic E-state index is -0.672. The summed E-state index contributed by atoms with van der Waals surface area (Å²) in [5, 5.41) is 11.2. The largest absolute Gasteiger partial charge is 0.507 e. The second-order valence-electron chi connectivity index (χ2n) is 9.29. The van der Waals surface area contributed by atoms with E-state index in [0.717, 1.165) is 50.9 Å². The van der Waals surface area contributed by atoms with Gasteiger partial charge < -0.3 is 19.5 Å². The second-order valence-corrected chi connectivity index (χ2v) is 9.29. The van der Waals surface area contributed by atoms with Crippen LogP contribution in [0.3, 0.4) is 0 Å². The molecule has 36 heavy (non-hydrogen) atoms. The van der Waals surface area contributed by atoms with E-state index < -0.39 is 17.7 Å². The number of carbonyl (C=O) groups is 2. The normalized spacial score (nSPS) is 20.1. The number of Topliss-reactive ketones (excluding diaryl/α,β-unsaturated/α-hetero) is 1. The van der Waals surface area contributed by atoms with E-state index in [0.29, 0.717) is 37.7 Å². The summed E-state index contributed by atoms with van der Waals surface area (Å²) in [5.74, 6) is -0.679. The van der Waals surface area contributed by atoms with Crippen LogP contribution in [0.25, 0.3) is 5.76 Å². The molecular weight excluding hydrogens is 456 g/mol. The highest BCUT2D eigenvalue weighted by molar-refractivity contribution is 6.46. The molecule has 192 valence electrons. The maximum Gasteiger partial charge on any atom is 0.295 e. The van der Waals surface area contributed by atoms with Gasteiger partial charge in [0.15, 0.2) is 0 Å². The van der Waals surface area contributed by atoms with Gasteiger partial charge in [-0.3, -0.25) is 14.5 Å². The molecule has 2 aromatic carbocycles. The van der Waals surface area contributed by atoms with Gasteiger partial charge in [-0.2, -0.15) is 0 Å². The molecule has 0 bridgehead atoms. The SMILES string of the molecule is CCCCCOc1cccc(C2/C(=C(\O)c3ccccc3)C(=O)C(=O)N2CCCN2CCOCC2)c1. The Kier molecular flexibility index (Phi) is 9.14. The van der Waals surface area contributed by atoms with Gasteiger partial charge >= 0.3 is 0 Å². The van der Waals surface area contributed by atoms with Gasteiger partial charge in [0.1, 0.15) is 11.5 Å². The van der Waals surface area contributed by atoms with Gasteiger partial charge in [-0.1, -0.05) is 62.2 Å². The van der Waals surface area contributed by atoms with Gasteiger partial charge in [0.25, 0.3) is 11.7 Å². The fourth-order valence-corrected chi connectivity index (χ4v) is 4.81. The van der Waals surface area contributed by atoms with E-state index in [-0.39, 0.29) is 11.3 Å². The fourth-order valence-electron chi connectivity index (χ4n) is 4.81. The Morgan fingerprint density at radius 2 is 1.78 bits per heavy atom. The third-order valence-corrected chi connectivity index (χ3v) is 6.75. The molecule has 1 unspecified atom stereocenters. The maximum absolute atomic E-state index is 13.2. The van der Waals surface area contributed by atoms with Crippen LogP contribution >= 0.6 is 0 Å². The minimum Gasteiger partial charge on any atom is -0.507 e. The van der Waals surface area contributed by atoms with Crippen molar-refractivity contribution in [2.24, 2.45) is 0 Å². The van der Waals surface area contributed by atoms with Gasteiger partial charge in [-0.15, -0.1) is 0 Å². The molecule has 2 aliphatic rings. The Hall–Kier alpha value is -3.16. The van der Waals surface area contributed by atoms with Crippen molar-refractivity contribution in [1.29, 1.82) is 0 Å². The predicted octanol–water partition coefficient (Wildman–Crippen LogP) is 4.40. The Morgan fingerprint density at radius 3 is 2.53 bits per heavy atom. The Balaban J connectivity index is 1.62. The average Bonchev–Trinajstić information content (AvgIpc) is 3.17. The van der Waals surface area contributed by atoms with Crippen LogP contribution in [0, 0.1) is 0 Å². The number of hydrogen-bond acceptors (Lipinski definition) is 6. The summed E-state index contributed by atoms with van der Waals surface area (Å²) < 4.78 is 11.4. The summed E-state index contributed by atoms with van der Waals surface area (Å²) in [5.41, 5.74) is 1.40. The third-order valence-electron chi connectivity index (χ3n) is 6.75. The number of likely N-dealkylation sites (tertiary alicyclic amines) is 1. The van der Waals surface area contributed by atoms with Crippen molar-refractivity contribution in [3.8, 4) is 5.75 Å². The Bertz CT molecular complexity index is 1060. The highest BCUT2D eigenvalue weighted by Crippen LogP contribution is 2.40. The molecule has 7 nitrogen and oxygen atoms in total. The van der Waals surface area contributed by atoms with Gasteiger partial charge in [0.2, 0.25) is 0 Å². The zero-order valence-corrected chi connectivity index (χ0v) is 21.0. The summed E-state index contributed by atoms with van der Waals surface area (Å²) in [4.78, 5) is 30.4. The number of morpholine rings is 1. The lowest BCUT2D eigenvalue weighted by atomic mass is 9.95. The third kappa shape index (κ3) is 6.15. The number of rotatable bonds is 11. The van der Waals surface area contributed by atoms with Gasteiger partial charge in [0, 0.05) is 31.7 Å². The number of aliphatic hydroxyl groups is 1. The number of ether oxygens (including phenoxy) is 2. The van der Waals surface area contributed by atoms with E-state index in [2.05, 4.69) is 11.8 Å². The lowest BCUT2D eigenvalue weighted by molar-refractivity contribution is -0.140. The maximum atomic E-state index is 13.2. The first-order chi connectivity index (χ1) is 17.6. The molecule has 0 spiro atoms. The lowest BCUT2D eigenvalue weighted by Gasteiger charge is -2.29. The molecular formula is C29H36N2O5. The van der Waals surface area contributed by atoms with Gasteiger partial charge in [-0.25, -0.2) is 0 Å². The number of aliphatic hydroxyl groups excluding tert-OH is 1. The standard InChI is InChI=1S/C29H36N2O5/c1-2-3-7-18-36-24-13-8-12-23(21-24)26-25(27(32)22-10-5-4-6-11-22)28(33)29(34)31(26)15-9-14-30-16-19-35-20-17-30/h4-6,8,10-13,21,26,32H,2-3,7,9,14-20H2,1H3/b27-25+. The molecule has 0 aliphatic carbocycles. The monoisotopic (exact) mass is 492 g/mol. The van der Waals surface area contributed by atoms with E-state index in [1.165, 1.54) is 0 Å². The van der Waals surface area contributed by atoms with Crippen molar-refractivity contribution in [1.82, 2.24) is 9.80 Å². The van der Waals surface area contributed by atoms with Gasteiger partial charge in [-0.05, 0) is 30.5 Å². The molecule has 0 radical (unpaired) electrons. The molecule has 1 N–H and O–H groups in total. The second kappa shape index (κ2) is 12.7. The van der Waals surface area contributed by atoms with Crippen LogP contribution in [-0.4, -0.2) is 72.6 Å². The molecule has 0 aromatic heterocycles. The van der Waals surface area contributed by atoms with Crippen molar-refractivity contribution >= 4 is 17.4 Å². The lowest BCUT2D eigenvalue weighted by Crippen LogP contribution is -2.38. The zero-order valence-electron chi connectivity index (χ0n) is 21.0. The van der Waals surface area contributed by atoms with E-state index in [1.807, 2.05) is 30.3 Å². The summed E-state index contributed by atoms with van der Waals surface area (Å²) in [6, 6.07) is 15.8. The van der Waals surface area contributed by atoms with E-state index in [1.54, 1.807) is 29.2 Å². The molecule has 2 saturated heterocycles. The Labute approximate surface area is 213 Å². The van der Waals surface area contributed by atoms with Crippen molar-refractivity contribution < 1.29 is 24.2 Å². The topological polar surface area (TPSA) is 79.3 Å². The van der Waals surface area contributed by atoms with Gasteiger partial charge in [0.05, 0.1) is 31.4 Å². The first kappa shape index (κ1) is 25.9. The molecule has 1 atom stereocenters. The number of benzene rings is 2. The first-order valence-electron chi connectivity index (χ1n) is 13.0. The number of hydrogen-bond donors (Lipinski definition) is 1. The summed E-state index contributed by atoms with van der Waals surface area (Å²) in [6.45, 7) is 7.16. The smallest absolute Gasteiger partial charge is 0.295 e. The first-order valence-corrected chi connectivity index (χ1v) is 13.0. The van der Waals surface area contributed by atoms with Crippen LogP contribution in [0.1, 0.15) is 49.8 Å². The molecule has 1 amide bonds. The Morgan fingerprint density at radius 1 is 1.00 bits per heavy atom. The highest BCUT2D eigenvalue weighted by atomic mass is 16.5. The number of nitrogens with zero attached hydrogens (tertiary/aromatic N) is 2. The number of unbranched alkanes of at least 4 members (excludes halogenated alkanes) is 2. The molecule has 2 heterocycles. The fraction of sp³-hybridized carbons (Fsp3) is 0.448. The van der Waals surface area contributed by atoms with Crippen molar-refractivity contribution in [2.45, 2.75) is 38.6 Å². The van der Waals surface area contributed by atoms with Crippen LogP contribution in [-0.2, 0) is 14.3 Å². The number of amides is 1. The zero-order chi connectivity index (χ0) is 25.3. The highest BCUT2D eigenvalue weighted by Gasteiger charge is 2.45. The van der Waals surface area contributed by atoms with Crippen LogP contribution in [0.4, 0.5) is 0 Å². The molecule has 7 heteroatoms. The molecule has 0 saturated carbocycles.